The monoisotopic (exact) mass is 562 g/mol. The van der Waals surface area contributed by atoms with Gasteiger partial charge in [0.05, 0.1) is 18.4 Å². The van der Waals surface area contributed by atoms with Crippen molar-refractivity contribution in [3.8, 4) is 17.0 Å². The third-order valence-corrected chi connectivity index (χ3v) is 9.16. The minimum atomic E-state index is -4.26. The predicted molar refractivity (Wildman–Crippen MR) is 148 cm³/mol. The highest BCUT2D eigenvalue weighted by molar-refractivity contribution is 7.89. The van der Waals surface area contributed by atoms with Crippen LogP contribution < -0.4 is 15.4 Å². The molecule has 11 heteroatoms. The number of amides is 1. The predicted octanol–water partition coefficient (Wildman–Crippen LogP) is 3.79. The Balaban J connectivity index is 1.96. The number of hydrogen-bond donors (Lipinski definition) is 2. The third kappa shape index (κ3) is 6.20. The van der Waals surface area contributed by atoms with Crippen molar-refractivity contribution in [2.24, 2.45) is 17.6 Å². The number of piperidine rings is 1. The Morgan fingerprint density at radius 3 is 2.56 bits per heavy atom. The smallest absolute Gasteiger partial charge is 0.253 e. The summed E-state index contributed by atoms with van der Waals surface area (Å²) < 4.78 is 49.7. The number of halogens is 1. The number of anilines is 1. The molecule has 1 unspecified atom stereocenters. The molecule has 3 N–H and O–H groups in total. The zero-order chi connectivity index (χ0) is 28.7. The molecule has 2 fully saturated rings. The molecular formula is C28H39FN4O5S. The molecule has 1 aromatic heterocycles. The second-order valence-corrected chi connectivity index (χ2v) is 13.7. The van der Waals surface area contributed by atoms with Crippen LogP contribution in [0, 0.1) is 17.7 Å². The van der Waals surface area contributed by atoms with Gasteiger partial charge in [-0.25, -0.2) is 17.8 Å². The van der Waals surface area contributed by atoms with Crippen LogP contribution in [0.1, 0.15) is 64.2 Å². The maximum atomic E-state index is 14.7. The number of carbonyl (C=O) groups excluding carboxylic acids is 1. The molecule has 3 heterocycles. The zero-order valence-corrected chi connectivity index (χ0v) is 24.1. The minimum absolute atomic E-state index is 0.0904. The van der Waals surface area contributed by atoms with E-state index < -0.39 is 33.4 Å². The van der Waals surface area contributed by atoms with Gasteiger partial charge in [0.2, 0.25) is 10.0 Å². The van der Waals surface area contributed by atoms with Crippen LogP contribution >= 0.6 is 0 Å². The number of aliphatic hydroxyl groups excluding tert-OH is 1. The van der Waals surface area contributed by atoms with E-state index in [9.17, 15) is 22.7 Å². The van der Waals surface area contributed by atoms with E-state index in [0.29, 0.717) is 37.3 Å². The Morgan fingerprint density at radius 1 is 1.26 bits per heavy atom. The molecule has 0 bridgehead atoms. The van der Waals surface area contributed by atoms with Crippen LogP contribution in [-0.2, 0) is 10.0 Å². The van der Waals surface area contributed by atoms with Gasteiger partial charge in [-0.05, 0) is 63.1 Å². The van der Waals surface area contributed by atoms with Crippen molar-refractivity contribution in [3.63, 3.8) is 0 Å². The largest absolute Gasteiger partial charge is 0.493 e. The number of sulfonamides is 1. The third-order valence-electron chi connectivity index (χ3n) is 7.27. The summed E-state index contributed by atoms with van der Waals surface area (Å²) in [5, 5.41) is 10.2. The van der Waals surface area contributed by atoms with E-state index in [1.807, 2.05) is 32.6 Å². The van der Waals surface area contributed by atoms with Crippen molar-refractivity contribution in [1.29, 1.82) is 0 Å². The second-order valence-electron chi connectivity index (χ2n) is 11.8. The van der Waals surface area contributed by atoms with Crippen molar-refractivity contribution in [3.05, 3.63) is 35.6 Å². The van der Waals surface area contributed by atoms with Gasteiger partial charge in [0.15, 0.2) is 0 Å². The molecular weight excluding hydrogens is 523 g/mol. The zero-order valence-electron chi connectivity index (χ0n) is 23.3. The van der Waals surface area contributed by atoms with E-state index in [2.05, 4.69) is 6.92 Å². The number of pyridine rings is 1. The Morgan fingerprint density at radius 2 is 1.97 bits per heavy atom. The van der Waals surface area contributed by atoms with E-state index in [4.69, 9.17) is 15.5 Å². The lowest BCUT2D eigenvalue weighted by Gasteiger charge is -2.35. The second kappa shape index (κ2) is 11.0. The van der Waals surface area contributed by atoms with Crippen molar-refractivity contribution in [1.82, 2.24) is 9.29 Å². The fraction of sp³-hybridized carbons (Fsp3) is 0.571. The summed E-state index contributed by atoms with van der Waals surface area (Å²) in [7, 11) is -4.26. The number of β-amino-alcohol motifs (C(OH)–C–C–N with tert-alkyl or cyclic N) is 1. The molecule has 9 nitrogen and oxygen atoms in total. The number of ether oxygens (including phenoxy) is 1. The van der Waals surface area contributed by atoms with Gasteiger partial charge in [-0.1, -0.05) is 20.8 Å². The molecule has 1 aromatic carbocycles. The number of primary amides is 1. The highest BCUT2D eigenvalue weighted by Crippen LogP contribution is 2.41. The van der Waals surface area contributed by atoms with Crippen molar-refractivity contribution >= 4 is 21.7 Å². The van der Waals surface area contributed by atoms with Crippen LogP contribution in [0.2, 0.25) is 0 Å². The number of nitrogens with zero attached hydrogens (tertiary/aromatic N) is 3. The maximum Gasteiger partial charge on any atom is 0.253 e. The molecule has 0 spiro atoms. The Hall–Kier alpha value is -2.76. The lowest BCUT2D eigenvalue weighted by atomic mass is 9.97. The van der Waals surface area contributed by atoms with Crippen LogP contribution in [-0.4, -0.2) is 66.6 Å². The van der Waals surface area contributed by atoms with E-state index in [0.717, 1.165) is 6.42 Å². The quantitative estimate of drug-likeness (QED) is 0.501. The molecule has 0 saturated carbocycles. The van der Waals surface area contributed by atoms with Crippen LogP contribution in [0.4, 0.5) is 10.2 Å². The fourth-order valence-corrected chi connectivity index (χ4v) is 7.31. The molecule has 2 aliphatic heterocycles. The first kappa shape index (κ1) is 29.2. The first-order valence-corrected chi connectivity index (χ1v) is 14.9. The van der Waals surface area contributed by atoms with E-state index >= 15 is 0 Å². The summed E-state index contributed by atoms with van der Waals surface area (Å²) in [6.45, 7) is 11.1. The average Bonchev–Trinajstić information content (AvgIpc) is 3.13. The Labute approximate surface area is 230 Å². The standard InChI is InChI=1S/C28H39FN4O5S/c1-17(2)16-38-22-10-19(9-20(29)11-22)23-12-24(39(36,37)32-8-6-7-21(34)15-32)25(26(30)35)27(31-23)33-14-18(3)13-28(33,4)5/h9-12,17-18,21,34H,6-8,13-16H2,1-5H3,(H2,30,35)/t18-,21?/m0/s1. The maximum absolute atomic E-state index is 14.7. The normalized spacial score (nSPS) is 21.9. The summed E-state index contributed by atoms with van der Waals surface area (Å²) in [4.78, 5) is 19.3. The summed E-state index contributed by atoms with van der Waals surface area (Å²) in [5.74, 6) is -0.567. The minimum Gasteiger partial charge on any atom is -0.493 e. The van der Waals surface area contributed by atoms with E-state index in [-0.39, 0.29) is 46.9 Å². The summed E-state index contributed by atoms with van der Waals surface area (Å²) in [5.41, 5.74) is 5.69. The van der Waals surface area contributed by atoms with Gasteiger partial charge in [0.1, 0.15) is 27.8 Å². The van der Waals surface area contributed by atoms with Crippen molar-refractivity contribution < 1.29 is 27.4 Å². The fourth-order valence-electron chi connectivity index (χ4n) is 5.58. The molecule has 4 rings (SSSR count). The number of aliphatic hydroxyl groups is 1. The van der Waals surface area contributed by atoms with Gasteiger partial charge in [0.25, 0.3) is 5.91 Å². The van der Waals surface area contributed by atoms with Crippen LogP contribution in [0.3, 0.4) is 0 Å². The van der Waals surface area contributed by atoms with Crippen molar-refractivity contribution in [2.45, 2.75) is 70.4 Å². The Kier molecular flexibility index (Phi) is 8.26. The lowest BCUT2D eigenvalue weighted by Crippen LogP contribution is -2.44. The summed E-state index contributed by atoms with van der Waals surface area (Å²) >= 11 is 0. The first-order chi connectivity index (χ1) is 18.2. The molecule has 39 heavy (non-hydrogen) atoms. The number of nitrogens with two attached hydrogens (primary N) is 1. The van der Waals surface area contributed by atoms with Gasteiger partial charge >= 0.3 is 0 Å². The molecule has 0 aliphatic carbocycles. The molecule has 1 amide bonds. The van der Waals surface area contributed by atoms with Gasteiger partial charge < -0.3 is 20.5 Å². The van der Waals surface area contributed by atoms with Crippen LogP contribution in [0.5, 0.6) is 5.75 Å². The topological polar surface area (TPSA) is 126 Å². The van der Waals surface area contributed by atoms with E-state index in [1.165, 1.54) is 22.5 Å². The lowest BCUT2D eigenvalue weighted by molar-refractivity contribution is 0.0996. The highest BCUT2D eigenvalue weighted by atomic mass is 32.2. The molecule has 214 valence electrons. The summed E-state index contributed by atoms with van der Waals surface area (Å²) in [6, 6.07) is 5.42. The molecule has 2 saturated heterocycles. The number of rotatable bonds is 8. The molecule has 0 radical (unpaired) electrons. The van der Waals surface area contributed by atoms with Gasteiger partial charge in [-0.3, -0.25) is 4.79 Å². The first-order valence-electron chi connectivity index (χ1n) is 13.4. The number of hydrogen-bond acceptors (Lipinski definition) is 7. The van der Waals surface area contributed by atoms with Gasteiger partial charge in [-0.15, -0.1) is 0 Å². The van der Waals surface area contributed by atoms with E-state index in [1.54, 1.807) is 6.07 Å². The van der Waals surface area contributed by atoms with Crippen LogP contribution in [0.15, 0.2) is 29.2 Å². The average molecular weight is 563 g/mol. The molecule has 2 aromatic rings. The molecule has 2 aliphatic rings. The van der Waals surface area contributed by atoms with Gasteiger partial charge in [-0.2, -0.15) is 4.31 Å². The van der Waals surface area contributed by atoms with Crippen LogP contribution in [0.25, 0.3) is 11.3 Å². The SMILES string of the molecule is CC(C)COc1cc(F)cc(-c2cc(S(=O)(=O)N3CCCC(O)C3)c(C(N)=O)c(N3C[C@@H](C)CC3(C)C)n2)c1. The molecule has 2 atom stereocenters. The Bertz CT molecular complexity index is 1350. The van der Waals surface area contributed by atoms with Gasteiger partial charge in [0, 0.05) is 36.8 Å². The number of aromatic nitrogens is 1. The highest BCUT2D eigenvalue weighted by Gasteiger charge is 2.42. The number of benzene rings is 1. The van der Waals surface area contributed by atoms with Crippen molar-refractivity contribution in [2.75, 3.05) is 31.1 Å². The summed E-state index contributed by atoms with van der Waals surface area (Å²) in [6.07, 6.45) is 0.955. The number of carbonyl (C=O) groups is 1.